The molecule has 0 heterocycles. The van der Waals surface area contributed by atoms with E-state index in [0.29, 0.717) is 11.3 Å². The van der Waals surface area contributed by atoms with Crippen molar-refractivity contribution >= 4 is 27.5 Å². The van der Waals surface area contributed by atoms with Crippen molar-refractivity contribution < 1.29 is 18.0 Å². The van der Waals surface area contributed by atoms with Gasteiger partial charge in [0.05, 0.1) is 10.6 Å². The zero-order valence-electron chi connectivity index (χ0n) is 25.8. The lowest BCUT2D eigenvalue weighted by Crippen LogP contribution is -2.54. The van der Waals surface area contributed by atoms with Crippen molar-refractivity contribution in [3.05, 3.63) is 131 Å². The van der Waals surface area contributed by atoms with E-state index in [1.807, 2.05) is 100 Å². The van der Waals surface area contributed by atoms with E-state index >= 15 is 0 Å². The monoisotopic (exact) mass is 611 g/mol. The number of benzene rings is 4. The molecule has 4 aromatic rings. The Kier molecular flexibility index (Phi) is 11.0. The number of nitrogens with zero attached hydrogens (tertiary/aromatic N) is 2. The van der Waals surface area contributed by atoms with Crippen LogP contribution < -0.4 is 9.62 Å². The van der Waals surface area contributed by atoms with Gasteiger partial charge in [-0.15, -0.1) is 0 Å². The molecular weight excluding hydrogens is 570 g/mol. The van der Waals surface area contributed by atoms with Gasteiger partial charge in [0.25, 0.3) is 10.0 Å². The van der Waals surface area contributed by atoms with E-state index in [2.05, 4.69) is 5.32 Å². The first kappa shape index (κ1) is 32.5. The predicted molar refractivity (Wildman–Crippen MR) is 176 cm³/mol. The van der Waals surface area contributed by atoms with Crippen molar-refractivity contribution in [1.82, 2.24) is 10.2 Å². The summed E-state index contributed by atoms with van der Waals surface area (Å²) < 4.78 is 29.5. The number of aryl methyl sites for hydroxylation is 2. The number of anilines is 1. The third kappa shape index (κ3) is 8.14. The van der Waals surface area contributed by atoms with E-state index in [0.717, 1.165) is 23.1 Å². The second kappa shape index (κ2) is 14.8. The van der Waals surface area contributed by atoms with E-state index in [1.54, 1.807) is 24.3 Å². The molecule has 0 fully saturated rings. The smallest absolute Gasteiger partial charge is 0.264 e. The first-order valence-corrected chi connectivity index (χ1v) is 16.4. The molecule has 0 aliphatic heterocycles. The molecule has 0 aliphatic carbocycles. The summed E-state index contributed by atoms with van der Waals surface area (Å²) in [5.74, 6) is -0.758. The molecule has 0 bridgehead atoms. The van der Waals surface area contributed by atoms with Crippen molar-refractivity contribution in [2.75, 3.05) is 10.8 Å². The SMILES string of the molecule is CCC(C)NC(=O)C(Cc1ccccc1)N(Cc1ccccc1)C(=O)CN(c1cc(C)ccc1C)S(=O)(=O)c1ccccc1. The molecule has 230 valence electrons. The Morgan fingerprint density at radius 3 is 1.95 bits per heavy atom. The maximum atomic E-state index is 14.5. The topological polar surface area (TPSA) is 86.8 Å². The largest absolute Gasteiger partial charge is 0.352 e. The van der Waals surface area contributed by atoms with Gasteiger partial charge < -0.3 is 10.2 Å². The van der Waals surface area contributed by atoms with Crippen molar-refractivity contribution in [3.8, 4) is 0 Å². The van der Waals surface area contributed by atoms with Crippen LogP contribution in [0.1, 0.15) is 42.5 Å². The number of hydrogen-bond acceptors (Lipinski definition) is 4. The minimum absolute atomic E-state index is 0.0821. The lowest BCUT2D eigenvalue weighted by Gasteiger charge is -2.34. The van der Waals surface area contributed by atoms with Gasteiger partial charge >= 0.3 is 0 Å². The number of amides is 2. The third-order valence-corrected chi connectivity index (χ3v) is 9.49. The second-order valence-electron chi connectivity index (χ2n) is 11.1. The van der Waals surface area contributed by atoms with Crippen molar-refractivity contribution in [2.24, 2.45) is 0 Å². The lowest BCUT2D eigenvalue weighted by molar-refractivity contribution is -0.140. The summed E-state index contributed by atoms with van der Waals surface area (Å²) in [6.07, 6.45) is 1.00. The zero-order valence-corrected chi connectivity index (χ0v) is 26.6. The van der Waals surface area contributed by atoms with Crippen LogP contribution in [-0.4, -0.2) is 43.8 Å². The van der Waals surface area contributed by atoms with Crippen LogP contribution in [0.4, 0.5) is 5.69 Å². The zero-order chi connectivity index (χ0) is 31.7. The summed E-state index contributed by atoms with van der Waals surface area (Å²) in [5, 5.41) is 3.06. The van der Waals surface area contributed by atoms with E-state index in [4.69, 9.17) is 0 Å². The van der Waals surface area contributed by atoms with Crippen LogP contribution >= 0.6 is 0 Å². The van der Waals surface area contributed by atoms with Crippen LogP contribution in [0.2, 0.25) is 0 Å². The summed E-state index contributed by atoms with van der Waals surface area (Å²) in [6.45, 7) is 7.28. The second-order valence-corrected chi connectivity index (χ2v) is 13.0. The highest BCUT2D eigenvalue weighted by Crippen LogP contribution is 2.29. The molecule has 0 aromatic heterocycles. The quantitative estimate of drug-likeness (QED) is 0.199. The summed E-state index contributed by atoms with van der Waals surface area (Å²) in [4.78, 5) is 30.0. The maximum Gasteiger partial charge on any atom is 0.264 e. The summed E-state index contributed by atoms with van der Waals surface area (Å²) in [5.41, 5.74) is 3.73. The fourth-order valence-corrected chi connectivity index (χ4v) is 6.49. The van der Waals surface area contributed by atoms with Gasteiger partial charge in [-0.2, -0.15) is 0 Å². The molecule has 0 radical (unpaired) electrons. The first-order chi connectivity index (χ1) is 21.1. The Bertz CT molecular complexity index is 1650. The van der Waals surface area contributed by atoms with Gasteiger partial charge in [-0.3, -0.25) is 13.9 Å². The van der Waals surface area contributed by atoms with Gasteiger partial charge in [-0.1, -0.05) is 97.9 Å². The molecule has 8 heteroatoms. The van der Waals surface area contributed by atoms with Gasteiger partial charge in [-0.05, 0) is 67.6 Å². The molecule has 0 aliphatic rings. The summed E-state index contributed by atoms with van der Waals surface area (Å²) in [6, 6.07) is 31.7. The van der Waals surface area contributed by atoms with E-state index in [-0.39, 0.29) is 29.8 Å². The van der Waals surface area contributed by atoms with E-state index in [1.165, 1.54) is 21.3 Å². The van der Waals surface area contributed by atoms with Crippen LogP contribution in [-0.2, 0) is 32.6 Å². The van der Waals surface area contributed by atoms with Crippen molar-refractivity contribution in [2.45, 2.75) is 64.1 Å². The van der Waals surface area contributed by atoms with Crippen LogP contribution in [0, 0.1) is 13.8 Å². The van der Waals surface area contributed by atoms with E-state index < -0.39 is 28.5 Å². The molecule has 7 nitrogen and oxygen atoms in total. The molecule has 1 N–H and O–H groups in total. The molecule has 0 saturated carbocycles. The van der Waals surface area contributed by atoms with Gasteiger partial charge in [-0.25, -0.2) is 8.42 Å². The molecule has 2 atom stereocenters. The molecule has 0 saturated heterocycles. The van der Waals surface area contributed by atoms with Crippen molar-refractivity contribution in [1.29, 1.82) is 0 Å². The molecule has 4 aromatic carbocycles. The maximum absolute atomic E-state index is 14.5. The molecule has 4 rings (SSSR count). The number of nitrogens with one attached hydrogen (secondary N) is 1. The van der Waals surface area contributed by atoms with Gasteiger partial charge in [0.2, 0.25) is 11.8 Å². The Morgan fingerprint density at radius 1 is 0.795 bits per heavy atom. The highest BCUT2D eigenvalue weighted by atomic mass is 32.2. The third-order valence-electron chi connectivity index (χ3n) is 7.71. The number of carbonyl (C=O) groups excluding carboxylic acids is 2. The highest BCUT2D eigenvalue weighted by Gasteiger charge is 2.35. The van der Waals surface area contributed by atoms with Crippen LogP contribution in [0.15, 0.2) is 114 Å². The van der Waals surface area contributed by atoms with Gasteiger partial charge in [0.1, 0.15) is 12.6 Å². The lowest BCUT2D eigenvalue weighted by atomic mass is 10.0. The Hall–Kier alpha value is -4.43. The fraction of sp³-hybridized carbons (Fsp3) is 0.278. The minimum Gasteiger partial charge on any atom is -0.352 e. The van der Waals surface area contributed by atoms with Crippen LogP contribution in [0.5, 0.6) is 0 Å². The average Bonchev–Trinajstić information content (AvgIpc) is 3.03. The van der Waals surface area contributed by atoms with E-state index in [9.17, 15) is 18.0 Å². The molecule has 2 amide bonds. The summed E-state index contributed by atoms with van der Waals surface area (Å²) in [7, 11) is -4.14. The molecule has 0 spiro atoms. The Labute approximate surface area is 261 Å². The van der Waals surface area contributed by atoms with Crippen molar-refractivity contribution in [3.63, 3.8) is 0 Å². The molecule has 44 heavy (non-hydrogen) atoms. The fourth-order valence-electron chi connectivity index (χ4n) is 5.00. The van der Waals surface area contributed by atoms with Crippen LogP contribution in [0.25, 0.3) is 0 Å². The first-order valence-electron chi connectivity index (χ1n) is 14.9. The molecular formula is C36H41N3O4S. The van der Waals surface area contributed by atoms with Gasteiger partial charge in [0, 0.05) is 19.0 Å². The standard InChI is InChI=1S/C36H41N3O4S/c1-5-29(4)37-36(41)34(24-30-15-9-6-10-16-30)38(25-31-17-11-7-12-18-31)35(40)26-39(33-23-27(2)21-22-28(33)3)44(42,43)32-19-13-8-14-20-32/h6-23,29,34H,5,24-26H2,1-4H3,(H,37,41). The molecule has 2 unspecified atom stereocenters. The van der Waals surface area contributed by atoms with Gasteiger partial charge in [0.15, 0.2) is 0 Å². The Morgan fingerprint density at radius 2 is 1.36 bits per heavy atom. The minimum atomic E-state index is -4.14. The highest BCUT2D eigenvalue weighted by molar-refractivity contribution is 7.92. The predicted octanol–water partition coefficient (Wildman–Crippen LogP) is 6.05. The average molecular weight is 612 g/mol. The Balaban J connectivity index is 1.82. The van der Waals surface area contributed by atoms with Crippen LogP contribution in [0.3, 0.4) is 0 Å². The number of carbonyl (C=O) groups is 2. The summed E-state index contributed by atoms with van der Waals surface area (Å²) >= 11 is 0. The number of rotatable bonds is 13. The number of hydrogen-bond donors (Lipinski definition) is 1. The number of sulfonamides is 1. The normalized spacial score (nSPS) is 12.6.